The molecule has 2 rings (SSSR count). The largest absolute Gasteiger partial charge is 0.392 e. The molecule has 1 amide bonds. The number of nitrogens with one attached hydrogen (secondary N) is 2. The van der Waals surface area contributed by atoms with Crippen LogP contribution in [0, 0.1) is 11.8 Å². The van der Waals surface area contributed by atoms with E-state index in [0.717, 1.165) is 25.7 Å². The van der Waals surface area contributed by atoms with Crippen LogP contribution in [0.3, 0.4) is 0 Å². The highest BCUT2D eigenvalue weighted by Gasteiger charge is 2.48. The standard InChI is InChI=1S/C16H30N2O2S/c1-5-8-12-9(4)21-16(18-12)13-14(19)10(6-2)11(7-3)17-15(13)20/h9-14,16,18-19H,5-8H2,1-4H3,(H,17,20). The molecule has 0 saturated carbocycles. The van der Waals surface area contributed by atoms with Crippen LogP contribution in [-0.2, 0) is 4.79 Å². The molecule has 0 aromatic rings. The molecule has 0 radical (unpaired) electrons. The predicted molar refractivity (Wildman–Crippen MR) is 88.2 cm³/mol. The minimum absolute atomic E-state index is 0.0217. The molecule has 122 valence electrons. The molecule has 2 heterocycles. The molecular formula is C16H30N2O2S. The number of hydrogen-bond donors (Lipinski definition) is 3. The fourth-order valence-electron chi connectivity index (χ4n) is 3.82. The summed E-state index contributed by atoms with van der Waals surface area (Å²) in [6.45, 7) is 8.58. The first-order valence-electron chi connectivity index (χ1n) is 8.43. The molecule has 3 N–H and O–H groups in total. The Morgan fingerprint density at radius 3 is 2.48 bits per heavy atom. The third-order valence-electron chi connectivity index (χ3n) is 5.10. The van der Waals surface area contributed by atoms with Gasteiger partial charge in [0.25, 0.3) is 0 Å². The van der Waals surface area contributed by atoms with E-state index in [9.17, 15) is 9.90 Å². The maximum atomic E-state index is 12.5. The van der Waals surface area contributed by atoms with Crippen molar-refractivity contribution in [2.75, 3.05) is 0 Å². The molecule has 7 atom stereocenters. The smallest absolute Gasteiger partial charge is 0.228 e. The van der Waals surface area contributed by atoms with Gasteiger partial charge in [-0.05, 0) is 19.3 Å². The summed E-state index contributed by atoms with van der Waals surface area (Å²) in [4.78, 5) is 12.5. The Labute approximate surface area is 132 Å². The molecule has 21 heavy (non-hydrogen) atoms. The van der Waals surface area contributed by atoms with Gasteiger partial charge in [-0.25, -0.2) is 0 Å². The van der Waals surface area contributed by atoms with Crippen LogP contribution in [-0.4, -0.2) is 39.8 Å². The summed E-state index contributed by atoms with van der Waals surface area (Å²) in [5, 5.41) is 18.0. The topological polar surface area (TPSA) is 61.4 Å². The number of rotatable bonds is 5. The number of aliphatic hydroxyl groups excluding tert-OH is 1. The zero-order valence-corrected chi connectivity index (χ0v) is 14.5. The van der Waals surface area contributed by atoms with Crippen LogP contribution < -0.4 is 10.6 Å². The predicted octanol–water partition coefficient (Wildman–Crippen LogP) is 2.12. The lowest BCUT2D eigenvalue weighted by atomic mass is 9.78. The van der Waals surface area contributed by atoms with Crippen LogP contribution in [0.5, 0.6) is 0 Å². The van der Waals surface area contributed by atoms with Gasteiger partial charge in [0, 0.05) is 23.3 Å². The molecule has 0 aromatic heterocycles. The van der Waals surface area contributed by atoms with E-state index in [1.165, 1.54) is 0 Å². The van der Waals surface area contributed by atoms with Gasteiger partial charge in [0.05, 0.1) is 17.4 Å². The molecule has 7 unspecified atom stereocenters. The van der Waals surface area contributed by atoms with Gasteiger partial charge in [-0.1, -0.05) is 34.1 Å². The van der Waals surface area contributed by atoms with E-state index in [0.29, 0.717) is 11.3 Å². The Bertz CT molecular complexity index is 366. The number of carbonyl (C=O) groups excluding carboxylic acids is 1. The first-order chi connectivity index (χ1) is 10.0. The second-order valence-electron chi connectivity index (χ2n) is 6.44. The summed E-state index contributed by atoms with van der Waals surface area (Å²) in [6, 6.07) is 0.568. The normalized spacial score (nSPS) is 43.9. The van der Waals surface area contributed by atoms with Crippen molar-refractivity contribution in [3.8, 4) is 0 Å². The number of amides is 1. The van der Waals surface area contributed by atoms with Gasteiger partial charge >= 0.3 is 0 Å². The Balaban J connectivity index is 2.10. The van der Waals surface area contributed by atoms with Gasteiger partial charge in [0.2, 0.25) is 5.91 Å². The highest BCUT2D eigenvalue weighted by Crippen LogP contribution is 2.38. The molecule has 0 aromatic carbocycles. The highest BCUT2D eigenvalue weighted by atomic mass is 32.2. The summed E-state index contributed by atoms with van der Waals surface area (Å²) < 4.78 is 0. The number of aliphatic hydroxyl groups is 1. The first-order valence-corrected chi connectivity index (χ1v) is 9.37. The van der Waals surface area contributed by atoms with Gasteiger partial charge in [0.1, 0.15) is 0 Å². The Kier molecular flexibility index (Phi) is 5.97. The molecule has 0 spiro atoms. The van der Waals surface area contributed by atoms with Crippen molar-refractivity contribution in [3.05, 3.63) is 0 Å². The third-order valence-corrected chi connectivity index (χ3v) is 6.58. The number of piperidine rings is 1. The molecule has 2 saturated heterocycles. The monoisotopic (exact) mass is 314 g/mol. The van der Waals surface area contributed by atoms with Crippen molar-refractivity contribution in [2.24, 2.45) is 11.8 Å². The molecule has 0 bridgehead atoms. The second kappa shape index (κ2) is 7.34. The fraction of sp³-hybridized carbons (Fsp3) is 0.938. The Hall–Kier alpha value is -0.260. The van der Waals surface area contributed by atoms with Crippen LogP contribution >= 0.6 is 11.8 Å². The van der Waals surface area contributed by atoms with E-state index in [-0.39, 0.29) is 29.2 Å². The molecule has 4 nitrogen and oxygen atoms in total. The number of thioether (sulfide) groups is 1. The van der Waals surface area contributed by atoms with Crippen molar-refractivity contribution >= 4 is 17.7 Å². The van der Waals surface area contributed by atoms with E-state index in [1.54, 1.807) is 0 Å². The van der Waals surface area contributed by atoms with Crippen molar-refractivity contribution in [1.29, 1.82) is 0 Å². The van der Waals surface area contributed by atoms with E-state index in [1.807, 2.05) is 11.8 Å². The maximum absolute atomic E-state index is 12.5. The van der Waals surface area contributed by atoms with Gasteiger partial charge < -0.3 is 15.7 Å². The maximum Gasteiger partial charge on any atom is 0.228 e. The molecule has 2 aliphatic rings. The average Bonchev–Trinajstić information content (AvgIpc) is 2.79. The van der Waals surface area contributed by atoms with E-state index in [4.69, 9.17) is 0 Å². The SMILES string of the molecule is CCCC1NC(C2C(=O)NC(CC)C(CC)C2O)SC1C. The average molecular weight is 314 g/mol. The van der Waals surface area contributed by atoms with Crippen LogP contribution in [0.4, 0.5) is 0 Å². The van der Waals surface area contributed by atoms with Gasteiger partial charge in [-0.3, -0.25) is 4.79 Å². The lowest BCUT2D eigenvalue weighted by Crippen LogP contribution is -2.60. The van der Waals surface area contributed by atoms with Crippen LogP contribution in [0.1, 0.15) is 53.4 Å². The van der Waals surface area contributed by atoms with E-state index in [2.05, 4.69) is 38.3 Å². The summed E-state index contributed by atoms with van der Waals surface area (Å²) >= 11 is 1.82. The van der Waals surface area contributed by atoms with Gasteiger partial charge in [0.15, 0.2) is 0 Å². The third kappa shape index (κ3) is 3.40. The molecule has 2 fully saturated rings. The molecular weight excluding hydrogens is 284 g/mol. The summed E-state index contributed by atoms with van der Waals surface area (Å²) in [6.07, 6.45) is 3.52. The van der Waals surface area contributed by atoms with Crippen LogP contribution in [0.25, 0.3) is 0 Å². The lowest BCUT2D eigenvalue weighted by Gasteiger charge is -2.42. The highest BCUT2D eigenvalue weighted by molar-refractivity contribution is 8.00. The van der Waals surface area contributed by atoms with Crippen molar-refractivity contribution in [3.63, 3.8) is 0 Å². The fourth-order valence-corrected chi connectivity index (χ4v) is 5.40. The molecule has 2 aliphatic heterocycles. The number of hydrogen-bond acceptors (Lipinski definition) is 4. The zero-order chi connectivity index (χ0) is 15.6. The minimum Gasteiger partial charge on any atom is -0.392 e. The molecule has 5 heteroatoms. The molecule has 0 aliphatic carbocycles. The van der Waals surface area contributed by atoms with Gasteiger partial charge in [-0.2, -0.15) is 0 Å². The lowest BCUT2D eigenvalue weighted by molar-refractivity contribution is -0.137. The van der Waals surface area contributed by atoms with Crippen molar-refractivity contribution in [2.45, 2.75) is 82.2 Å². The number of carbonyl (C=O) groups is 1. The summed E-state index contributed by atoms with van der Waals surface area (Å²) in [7, 11) is 0. The van der Waals surface area contributed by atoms with E-state index < -0.39 is 6.10 Å². The quantitative estimate of drug-likeness (QED) is 0.727. The summed E-state index contributed by atoms with van der Waals surface area (Å²) in [5.41, 5.74) is 0. The Morgan fingerprint density at radius 2 is 1.90 bits per heavy atom. The van der Waals surface area contributed by atoms with Crippen LogP contribution in [0.2, 0.25) is 0 Å². The van der Waals surface area contributed by atoms with Gasteiger partial charge in [-0.15, -0.1) is 11.8 Å². The Morgan fingerprint density at radius 1 is 1.19 bits per heavy atom. The minimum atomic E-state index is -0.536. The van der Waals surface area contributed by atoms with Crippen molar-refractivity contribution < 1.29 is 9.90 Å². The van der Waals surface area contributed by atoms with Crippen LogP contribution in [0.15, 0.2) is 0 Å². The second-order valence-corrected chi connectivity index (χ2v) is 7.96. The van der Waals surface area contributed by atoms with E-state index >= 15 is 0 Å². The summed E-state index contributed by atoms with van der Waals surface area (Å²) in [5.74, 6) is -0.138. The first kappa shape index (κ1) is 17.1. The van der Waals surface area contributed by atoms with Crippen molar-refractivity contribution in [1.82, 2.24) is 10.6 Å². The zero-order valence-electron chi connectivity index (χ0n) is 13.6.